The summed E-state index contributed by atoms with van der Waals surface area (Å²) in [5.74, 6) is -0.921. The maximum Gasteiger partial charge on any atom is 0.352 e. The third-order valence-corrected chi connectivity index (χ3v) is 3.58. The molecule has 2 heterocycles. The number of rotatable bonds is 1. The van der Waals surface area contributed by atoms with Gasteiger partial charge in [-0.3, -0.25) is 0 Å². The number of hydrogen-bond acceptors (Lipinski definition) is 1. The molecule has 0 unspecified atom stereocenters. The normalized spacial score (nSPS) is 11.5. The predicted molar refractivity (Wildman–Crippen MR) is 71.4 cm³/mol. The van der Waals surface area contributed by atoms with Crippen LogP contribution >= 0.6 is 11.6 Å². The minimum absolute atomic E-state index is 0.285. The van der Waals surface area contributed by atoms with E-state index in [1.54, 1.807) is 17.7 Å². The first-order valence-corrected chi connectivity index (χ1v) is 5.85. The molecule has 0 aliphatic rings. The second-order valence-electron chi connectivity index (χ2n) is 4.35. The minimum atomic E-state index is -0.921. The fourth-order valence-electron chi connectivity index (χ4n) is 2.53. The van der Waals surface area contributed by atoms with Crippen molar-refractivity contribution in [2.75, 3.05) is 0 Å². The lowest BCUT2D eigenvalue weighted by Gasteiger charge is -2.03. The van der Waals surface area contributed by atoms with Crippen LogP contribution in [0.3, 0.4) is 0 Å². The number of fused-ring (bicyclic) bond motifs is 3. The van der Waals surface area contributed by atoms with Gasteiger partial charge in [-0.05, 0) is 18.2 Å². The Morgan fingerprint density at radius 1 is 1.17 bits per heavy atom. The summed E-state index contributed by atoms with van der Waals surface area (Å²) in [4.78, 5) is 11.1. The highest BCUT2D eigenvalue weighted by Gasteiger charge is 2.18. The van der Waals surface area contributed by atoms with Gasteiger partial charge in [0.25, 0.3) is 0 Å². The summed E-state index contributed by atoms with van der Waals surface area (Å²) in [5, 5.41) is 11.8. The Hall–Kier alpha value is -1.94. The number of halogens is 1. The number of carboxylic acids is 1. The third kappa shape index (κ3) is 1.29. The van der Waals surface area contributed by atoms with Crippen LogP contribution in [0, 0.1) is 0 Å². The summed E-state index contributed by atoms with van der Waals surface area (Å²) < 4.78 is 3.65. The highest BCUT2D eigenvalue weighted by Crippen LogP contribution is 2.31. The average molecular weight is 263 g/mol. The first kappa shape index (κ1) is 11.2. The van der Waals surface area contributed by atoms with E-state index in [0.29, 0.717) is 5.02 Å². The highest BCUT2D eigenvalue weighted by atomic mass is 35.5. The molecule has 92 valence electrons. The third-order valence-electron chi connectivity index (χ3n) is 3.35. The molecule has 4 nitrogen and oxygen atoms in total. The molecule has 0 aliphatic carbocycles. The lowest BCUT2D eigenvalue weighted by atomic mass is 10.2. The summed E-state index contributed by atoms with van der Waals surface area (Å²) in [5.41, 5.74) is 2.16. The molecular weight excluding hydrogens is 252 g/mol. The van der Waals surface area contributed by atoms with Crippen LogP contribution in [-0.4, -0.2) is 20.2 Å². The number of hydrogen-bond donors (Lipinski definition) is 1. The number of nitrogens with zero attached hydrogens (tertiary/aromatic N) is 2. The SMILES string of the molecule is Cn1c(C(=O)O)cc2c3ccc(Cl)cc3n(C)c21. The predicted octanol–water partition coefficient (Wildman–Crippen LogP) is 3.02. The lowest BCUT2D eigenvalue weighted by molar-refractivity contribution is 0.0687. The first-order valence-electron chi connectivity index (χ1n) is 5.47. The minimum Gasteiger partial charge on any atom is -0.477 e. The van der Waals surface area contributed by atoms with Crippen LogP contribution in [0.2, 0.25) is 5.02 Å². The van der Waals surface area contributed by atoms with Crippen LogP contribution in [0.5, 0.6) is 0 Å². The van der Waals surface area contributed by atoms with Gasteiger partial charge in [-0.1, -0.05) is 17.7 Å². The molecular formula is C13H11ClN2O2. The first-order chi connectivity index (χ1) is 8.50. The van der Waals surface area contributed by atoms with Gasteiger partial charge in [0, 0.05) is 29.9 Å². The summed E-state index contributed by atoms with van der Waals surface area (Å²) in [7, 11) is 3.67. The molecule has 0 saturated carbocycles. The van der Waals surface area contributed by atoms with E-state index in [9.17, 15) is 4.79 Å². The maximum absolute atomic E-state index is 11.1. The van der Waals surface area contributed by atoms with Crippen molar-refractivity contribution in [1.29, 1.82) is 0 Å². The van der Waals surface area contributed by atoms with Crippen LogP contribution in [0.1, 0.15) is 10.5 Å². The molecule has 1 N–H and O–H groups in total. The summed E-state index contributed by atoms with van der Waals surface area (Å²) >= 11 is 5.99. The van der Waals surface area contributed by atoms with Crippen LogP contribution in [0.15, 0.2) is 24.3 Å². The van der Waals surface area contributed by atoms with E-state index in [1.165, 1.54) is 0 Å². The molecule has 0 radical (unpaired) electrons. The van der Waals surface area contributed by atoms with E-state index in [1.807, 2.05) is 29.8 Å². The van der Waals surface area contributed by atoms with Crippen molar-refractivity contribution < 1.29 is 9.90 Å². The van der Waals surface area contributed by atoms with Crippen molar-refractivity contribution in [2.45, 2.75) is 0 Å². The Balaban J connectivity index is 2.53. The monoisotopic (exact) mass is 262 g/mol. The van der Waals surface area contributed by atoms with Crippen molar-refractivity contribution in [2.24, 2.45) is 14.1 Å². The molecule has 0 saturated heterocycles. The topological polar surface area (TPSA) is 47.2 Å². The van der Waals surface area contributed by atoms with Gasteiger partial charge in [-0.25, -0.2) is 4.79 Å². The quantitative estimate of drug-likeness (QED) is 0.733. The summed E-state index contributed by atoms with van der Waals surface area (Å²) in [6.07, 6.45) is 0. The largest absolute Gasteiger partial charge is 0.477 e. The number of aromatic carboxylic acids is 1. The number of carbonyl (C=O) groups is 1. The van der Waals surface area contributed by atoms with Gasteiger partial charge in [-0.15, -0.1) is 0 Å². The molecule has 18 heavy (non-hydrogen) atoms. The highest BCUT2D eigenvalue weighted by molar-refractivity contribution is 6.31. The zero-order chi connectivity index (χ0) is 13.0. The van der Waals surface area contributed by atoms with E-state index < -0.39 is 5.97 Å². The maximum atomic E-state index is 11.1. The Labute approximate surface area is 108 Å². The van der Waals surface area contributed by atoms with Gasteiger partial charge < -0.3 is 14.2 Å². The van der Waals surface area contributed by atoms with Crippen LogP contribution < -0.4 is 0 Å². The van der Waals surface area contributed by atoms with Gasteiger partial charge >= 0.3 is 5.97 Å². The lowest BCUT2D eigenvalue weighted by Crippen LogP contribution is -2.05. The molecule has 0 fully saturated rings. The Kier molecular flexibility index (Phi) is 2.19. The van der Waals surface area contributed by atoms with E-state index in [4.69, 9.17) is 16.7 Å². The van der Waals surface area contributed by atoms with Crippen molar-refractivity contribution in [3.05, 3.63) is 35.0 Å². The fourth-order valence-corrected chi connectivity index (χ4v) is 2.69. The van der Waals surface area contributed by atoms with E-state index >= 15 is 0 Å². The molecule has 0 bridgehead atoms. The fraction of sp³-hybridized carbons (Fsp3) is 0.154. The van der Waals surface area contributed by atoms with E-state index in [2.05, 4.69) is 0 Å². The Morgan fingerprint density at radius 2 is 1.89 bits per heavy atom. The number of aromatic nitrogens is 2. The Morgan fingerprint density at radius 3 is 2.56 bits per heavy atom. The average Bonchev–Trinajstić information content (AvgIpc) is 2.78. The number of benzene rings is 1. The molecule has 2 aromatic heterocycles. The smallest absolute Gasteiger partial charge is 0.352 e. The zero-order valence-corrected chi connectivity index (χ0v) is 10.7. The van der Waals surface area contributed by atoms with Crippen LogP contribution in [-0.2, 0) is 14.1 Å². The van der Waals surface area contributed by atoms with Gasteiger partial charge in [0.15, 0.2) is 0 Å². The van der Waals surface area contributed by atoms with Crippen molar-refractivity contribution in [3.63, 3.8) is 0 Å². The molecule has 0 aliphatic heterocycles. The van der Waals surface area contributed by atoms with Crippen LogP contribution in [0.4, 0.5) is 0 Å². The zero-order valence-electron chi connectivity index (χ0n) is 9.94. The molecule has 0 atom stereocenters. The molecule has 5 heteroatoms. The van der Waals surface area contributed by atoms with E-state index in [0.717, 1.165) is 21.9 Å². The van der Waals surface area contributed by atoms with Gasteiger partial charge in [-0.2, -0.15) is 0 Å². The molecule has 0 amide bonds. The van der Waals surface area contributed by atoms with Gasteiger partial charge in [0.1, 0.15) is 11.3 Å². The van der Waals surface area contributed by atoms with Crippen molar-refractivity contribution in [1.82, 2.24) is 9.13 Å². The van der Waals surface area contributed by atoms with Gasteiger partial charge in [0.05, 0.1) is 5.52 Å². The Bertz CT molecular complexity index is 798. The second kappa shape index (κ2) is 3.53. The number of carboxylic acid groups (broad SMARTS) is 1. The second-order valence-corrected chi connectivity index (χ2v) is 4.79. The van der Waals surface area contributed by atoms with Crippen molar-refractivity contribution in [3.8, 4) is 0 Å². The molecule has 3 rings (SSSR count). The molecule has 1 aromatic carbocycles. The molecule has 3 aromatic rings. The summed E-state index contributed by atoms with van der Waals surface area (Å²) in [6, 6.07) is 7.33. The number of aryl methyl sites for hydroxylation is 2. The van der Waals surface area contributed by atoms with E-state index in [-0.39, 0.29) is 5.69 Å². The molecule has 0 spiro atoms. The standard InChI is InChI=1S/C13H11ClN2O2/c1-15-10-5-7(14)3-4-8(10)9-6-11(13(17)18)16(2)12(9)15/h3-6H,1-2H3,(H,17,18). The van der Waals surface area contributed by atoms with Crippen molar-refractivity contribution >= 4 is 39.5 Å². The van der Waals surface area contributed by atoms with Crippen LogP contribution in [0.25, 0.3) is 21.9 Å². The summed E-state index contributed by atoms with van der Waals surface area (Å²) in [6.45, 7) is 0. The van der Waals surface area contributed by atoms with Gasteiger partial charge in [0.2, 0.25) is 0 Å².